The average molecular weight is 908 g/mol. The first-order valence-electron chi connectivity index (χ1n) is 22.2. The second-order valence-electron chi connectivity index (χ2n) is 19.4. The van der Waals surface area contributed by atoms with Crippen molar-refractivity contribution in [3.8, 4) is 0 Å². The highest BCUT2D eigenvalue weighted by atomic mass is 28.4. The third-order valence-electron chi connectivity index (χ3n) is 14.1. The van der Waals surface area contributed by atoms with Gasteiger partial charge in [-0.05, 0) is 81.6 Å². The van der Waals surface area contributed by atoms with Gasteiger partial charge in [0.1, 0.15) is 24.4 Å². The number of Topliss-reactive ketones (excluding diaryl/α,β-unsaturated/α-hetero) is 1. The zero-order chi connectivity index (χ0) is 47.2. The number of carbonyl (C=O) groups excluding carboxylic acids is 5. The number of alkyl carbamates (subject to hydrolysis) is 1. The minimum absolute atomic E-state index is 0.136. The van der Waals surface area contributed by atoms with Crippen LogP contribution in [0.25, 0.3) is 0 Å². The first kappa shape index (κ1) is 49.0. The molecule has 0 radical (unpaired) electrons. The number of esters is 3. The normalized spacial score (nSPS) is 31.1. The van der Waals surface area contributed by atoms with E-state index in [4.69, 9.17) is 32.8 Å². The Labute approximate surface area is 376 Å². The Kier molecular flexibility index (Phi) is 13.8. The lowest BCUT2D eigenvalue weighted by Crippen LogP contribution is -2.80. The molecular weight excluding hydrogens is 843 g/mol. The molecule has 3 heterocycles. The molecule has 4 fully saturated rings. The van der Waals surface area contributed by atoms with Crippen molar-refractivity contribution in [1.82, 2.24) is 5.32 Å². The predicted octanol–water partition coefficient (Wildman–Crippen LogP) is 6.51. The molecule has 3 aliphatic heterocycles. The lowest BCUT2D eigenvalue weighted by Gasteiger charge is -2.65. The van der Waals surface area contributed by atoms with Crippen LogP contribution in [0.3, 0.4) is 0 Å². The fourth-order valence-corrected chi connectivity index (χ4v) is 13.4. The van der Waals surface area contributed by atoms with Crippen LogP contribution >= 0.6 is 0 Å². The summed E-state index contributed by atoms with van der Waals surface area (Å²) in [6.45, 7) is 18.5. The average Bonchev–Trinajstić information content (AvgIpc) is 3.43. The van der Waals surface area contributed by atoms with E-state index in [0.717, 1.165) is 18.1 Å². The number of aliphatic hydroxyl groups excluding tert-OH is 1. The first-order valence-corrected chi connectivity index (χ1v) is 24.8. The summed E-state index contributed by atoms with van der Waals surface area (Å²) in [6, 6.07) is 17.6. The van der Waals surface area contributed by atoms with Crippen molar-refractivity contribution in [3.63, 3.8) is 0 Å². The number of amides is 1. The van der Waals surface area contributed by atoms with Crippen LogP contribution in [0.15, 0.2) is 71.8 Å². The molecule has 1 aliphatic carbocycles. The summed E-state index contributed by atoms with van der Waals surface area (Å²) in [5.41, 5.74) is -4.40. The zero-order valence-corrected chi connectivity index (χ0v) is 39.9. The topological polar surface area (TPSA) is 202 Å². The number of ketones is 1. The van der Waals surface area contributed by atoms with Gasteiger partial charge in [-0.1, -0.05) is 83.1 Å². The number of ether oxygens (including phenoxy) is 6. The Hall–Kier alpha value is -4.45. The van der Waals surface area contributed by atoms with Gasteiger partial charge in [0.2, 0.25) is 5.79 Å². The van der Waals surface area contributed by atoms with E-state index in [1.165, 1.54) is 6.92 Å². The molecule has 64 heavy (non-hydrogen) atoms. The number of carbonyl (C=O) groups is 5. The van der Waals surface area contributed by atoms with Crippen molar-refractivity contribution in [1.29, 1.82) is 0 Å². The van der Waals surface area contributed by atoms with Crippen LogP contribution in [0.5, 0.6) is 0 Å². The SMILES string of the molecule is CC[Si](CC)(CC)O[C@H]1C[C@H]2OC[C@@]2(OC(C)=O)C2C(OC(=O)c3ccccc3)[C@@]3(O)O[C@@H](C(=O)[C@@]21C)/C(=C(\C)COC(=O)[C@H](O)[C@@H](NC(=O)OC(C)(C)C)c1ccccc1)C3(C)C. The first-order chi connectivity index (χ1) is 29.9. The highest BCUT2D eigenvalue weighted by Gasteiger charge is 2.81. The van der Waals surface area contributed by atoms with E-state index in [1.54, 1.807) is 109 Å². The second-order valence-corrected chi connectivity index (χ2v) is 24.1. The summed E-state index contributed by atoms with van der Waals surface area (Å²) in [6.07, 6.45) is -7.35. The second kappa shape index (κ2) is 18.1. The largest absolute Gasteiger partial charge is 0.459 e. The van der Waals surface area contributed by atoms with Crippen LogP contribution in [0.1, 0.15) is 105 Å². The molecule has 350 valence electrons. The molecule has 1 saturated carbocycles. The molecular formula is C48H65NO14Si. The number of hydrogen-bond donors (Lipinski definition) is 3. The molecule has 2 bridgehead atoms. The maximum atomic E-state index is 15.9. The molecule has 3 N–H and O–H groups in total. The van der Waals surface area contributed by atoms with Gasteiger partial charge >= 0.3 is 24.0 Å². The lowest BCUT2D eigenvalue weighted by molar-refractivity contribution is -0.355. The maximum absolute atomic E-state index is 15.9. The van der Waals surface area contributed by atoms with Crippen LogP contribution in [-0.2, 0) is 47.2 Å². The van der Waals surface area contributed by atoms with E-state index in [2.05, 4.69) is 26.1 Å². The van der Waals surface area contributed by atoms with E-state index in [1.807, 2.05) is 0 Å². The minimum atomic E-state index is -2.52. The fourth-order valence-electron chi connectivity index (χ4n) is 10.5. The Morgan fingerprint density at radius 1 is 0.938 bits per heavy atom. The molecule has 0 spiro atoms. The van der Waals surface area contributed by atoms with Gasteiger partial charge in [-0.2, -0.15) is 0 Å². The van der Waals surface area contributed by atoms with Gasteiger partial charge < -0.3 is 48.4 Å². The van der Waals surface area contributed by atoms with Gasteiger partial charge in [-0.15, -0.1) is 0 Å². The third-order valence-corrected chi connectivity index (χ3v) is 18.7. The van der Waals surface area contributed by atoms with E-state index in [9.17, 15) is 29.4 Å². The smallest absolute Gasteiger partial charge is 0.408 e. The van der Waals surface area contributed by atoms with Crippen molar-refractivity contribution < 1.29 is 67.0 Å². The molecule has 15 nitrogen and oxygen atoms in total. The quantitative estimate of drug-likeness (QED) is 0.0801. The zero-order valence-electron chi connectivity index (χ0n) is 38.9. The number of rotatable bonds is 14. The van der Waals surface area contributed by atoms with Crippen LogP contribution in [-0.4, -0.2) is 109 Å². The van der Waals surface area contributed by atoms with Gasteiger partial charge in [0, 0.05) is 18.8 Å². The summed E-state index contributed by atoms with van der Waals surface area (Å²) in [5.74, 6) is -6.73. The monoisotopic (exact) mass is 907 g/mol. The molecule has 4 aliphatic rings. The van der Waals surface area contributed by atoms with Crippen molar-refractivity contribution in [2.75, 3.05) is 13.2 Å². The molecule has 2 unspecified atom stereocenters. The highest BCUT2D eigenvalue weighted by Crippen LogP contribution is 2.66. The van der Waals surface area contributed by atoms with Crippen molar-refractivity contribution >= 4 is 38.1 Å². The molecule has 6 rings (SSSR count). The van der Waals surface area contributed by atoms with E-state index in [-0.39, 0.29) is 24.2 Å². The van der Waals surface area contributed by atoms with Gasteiger partial charge in [0.25, 0.3) is 0 Å². The number of aliphatic hydroxyl groups is 2. The van der Waals surface area contributed by atoms with Crippen LogP contribution in [0.4, 0.5) is 4.79 Å². The molecule has 1 amide bonds. The van der Waals surface area contributed by atoms with Crippen LogP contribution < -0.4 is 5.32 Å². The van der Waals surface area contributed by atoms with Crippen molar-refractivity contribution in [3.05, 3.63) is 82.9 Å². The Balaban J connectivity index is 1.45. The Bertz CT molecular complexity index is 2110. The molecule has 2 aromatic carbocycles. The van der Waals surface area contributed by atoms with Crippen LogP contribution in [0, 0.1) is 16.7 Å². The van der Waals surface area contributed by atoms with Gasteiger partial charge in [0.15, 0.2) is 31.9 Å². The lowest BCUT2D eigenvalue weighted by atomic mass is 9.49. The molecule has 2 aromatic rings. The Morgan fingerprint density at radius 2 is 1.53 bits per heavy atom. The third kappa shape index (κ3) is 8.57. The maximum Gasteiger partial charge on any atom is 0.408 e. The minimum Gasteiger partial charge on any atom is -0.459 e. The summed E-state index contributed by atoms with van der Waals surface area (Å²) in [7, 11) is -2.52. The summed E-state index contributed by atoms with van der Waals surface area (Å²) in [4.78, 5) is 69.9. The standard InChI is InChI=1S/C48H65NO14Si/c1-12-64(13-2,14-3)63-32-25-33-47(27-58-33,60-29(5)50)38-40(59-41(53)31-23-19-16-20-24-31)48(56)45(9,10)34(37(61-48)39(52)46(32,38)11)28(4)26-57-42(54)36(51)35(30-21-17-15-18-22-30)49-43(55)62-44(6,7)8/h15-24,32-33,35-38,40,51,56H,12-14,25-27H2,1-11H3,(H,49,55)/b34-28-/t32-,33+,35-,36+,37+,38?,40?,46+,47-,48+/m0/s1. The summed E-state index contributed by atoms with van der Waals surface area (Å²) >= 11 is 0. The van der Waals surface area contributed by atoms with Gasteiger partial charge in [-0.3, -0.25) is 9.59 Å². The number of hydrogen-bond acceptors (Lipinski definition) is 14. The fraction of sp³-hybridized carbons (Fsp3) is 0.604. The van der Waals surface area contributed by atoms with Crippen LogP contribution in [0.2, 0.25) is 18.1 Å². The number of fused-ring (bicyclic) bond motifs is 5. The van der Waals surface area contributed by atoms with E-state index < -0.39 is 115 Å². The highest BCUT2D eigenvalue weighted by molar-refractivity contribution is 6.73. The van der Waals surface area contributed by atoms with Gasteiger partial charge in [-0.25, -0.2) is 14.4 Å². The summed E-state index contributed by atoms with van der Waals surface area (Å²) in [5, 5.41) is 27.4. The number of nitrogens with one attached hydrogen (secondary N) is 1. The van der Waals surface area contributed by atoms with Crippen molar-refractivity contribution in [2.45, 2.75) is 154 Å². The molecule has 3 saturated heterocycles. The van der Waals surface area contributed by atoms with E-state index in [0.29, 0.717) is 11.1 Å². The molecule has 16 heteroatoms. The van der Waals surface area contributed by atoms with Gasteiger partial charge in [0.05, 0.1) is 35.6 Å². The predicted molar refractivity (Wildman–Crippen MR) is 235 cm³/mol. The number of benzene rings is 2. The molecule has 0 aromatic heterocycles. The summed E-state index contributed by atoms with van der Waals surface area (Å²) < 4.78 is 43.9. The van der Waals surface area contributed by atoms with Crippen molar-refractivity contribution in [2.24, 2.45) is 16.7 Å². The van der Waals surface area contributed by atoms with E-state index >= 15 is 4.79 Å². The molecule has 10 atom stereocenters. The Morgan fingerprint density at radius 3 is 2.06 bits per heavy atom.